The molecule has 0 saturated carbocycles. The Labute approximate surface area is 120 Å². The third kappa shape index (κ3) is 3.53. The molecule has 2 nitrogen and oxygen atoms in total. The van der Waals surface area contributed by atoms with E-state index < -0.39 is 17.7 Å². The molecular formula is C15H11ClF2N2. The Balaban J connectivity index is 2.07. The van der Waals surface area contributed by atoms with Crippen molar-refractivity contribution >= 4 is 11.6 Å². The molecule has 0 bridgehead atoms. The molecule has 0 spiro atoms. The monoisotopic (exact) mass is 292 g/mol. The largest absolute Gasteiger partial charge is 0.294 e. The van der Waals surface area contributed by atoms with Crippen molar-refractivity contribution in [2.75, 3.05) is 0 Å². The molecule has 0 saturated heterocycles. The smallest absolute Gasteiger partial charge is 0.159 e. The van der Waals surface area contributed by atoms with Gasteiger partial charge in [0, 0.05) is 11.6 Å². The number of benzene rings is 2. The third-order valence-electron chi connectivity index (χ3n) is 2.83. The van der Waals surface area contributed by atoms with Crippen molar-refractivity contribution in [3.8, 4) is 6.07 Å². The molecule has 1 atom stereocenters. The first-order chi connectivity index (χ1) is 9.60. The van der Waals surface area contributed by atoms with Gasteiger partial charge >= 0.3 is 0 Å². The van der Waals surface area contributed by atoms with Gasteiger partial charge in [0.05, 0.1) is 6.07 Å². The molecule has 2 aromatic carbocycles. The van der Waals surface area contributed by atoms with Crippen LogP contribution < -0.4 is 5.32 Å². The van der Waals surface area contributed by atoms with Crippen molar-refractivity contribution in [1.82, 2.24) is 5.32 Å². The van der Waals surface area contributed by atoms with Gasteiger partial charge in [-0.15, -0.1) is 0 Å². The van der Waals surface area contributed by atoms with Crippen LogP contribution in [0.1, 0.15) is 17.2 Å². The Morgan fingerprint density at radius 2 is 1.80 bits per heavy atom. The molecule has 1 unspecified atom stereocenters. The number of nitrogens with zero attached hydrogens (tertiary/aromatic N) is 1. The van der Waals surface area contributed by atoms with Gasteiger partial charge in [-0.3, -0.25) is 5.32 Å². The lowest BCUT2D eigenvalue weighted by Crippen LogP contribution is -2.19. The molecule has 5 heteroatoms. The van der Waals surface area contributed by atoms with E-state index in [0.717, 1.165) is 17.7 Å². The van der Waals surface area contributed by atoms with Crippen molar-refractivity contribution in [3.05, 3.63) is 70.2 Å². The molecule has 0 aliphatic carbocycles. The van der Waals surface area contributed by atoms with Crippen LogP contribution >= 0.6 is 11.6 Å². The lowest BCUT2D eigenvalue weighted by molar-refractivity contribution is 0.504. The van der Waals surface area contributed by atoms with Crippen LogP contribution in [0.15, 0.2) is 42.5 Å². The molecule has 0 fully saturated rings. The molecule has 0 aliphatic rings. The van der Waals surface area contributed by atoms with Crippen LogP contribution in [0.4, 0.5) is 8.78 Å². The number of nitriles is 1. The molecule has 0 amide bonds. The van der Waals surface area contributed by atoms with E-state index in [1.807, 2.05) is 18.2 Å². The number of hydrogen-bond acceptors (Lipinski definition) is 2. The second kappa shape index (κ2) is 6.47. The van der Waals surface area contributed by atoms with Crippen LogP contribution in [-0.4, -0.2) is 0 Å². The number of nitrogens with one attached hydrogen (secondary N) is 1. The SMILES string of the molecule is N#CC(NCc1ccc(Cl)cc1)c1ccc(F)c(F)c1. The van der Waals surface area contributed by atoms with Gasteiger partial charge in [-0.1, -0.05) is 29.8 Å². The molecule has 102 valence electrons. The molecule has 2 rings (SSSR count). The Morgan fingerprint density at radius 1 is 1.10 bits per heavy atom. The van der Waals surface area contributed by atoms with Gasteiger partial charge < -0.3 is 0 Å². The molecule has 0 heterocycles. The van der Waals surface area contributed by atoms with Crippen LogP contribution in [0.3, 0.4) is 0 Å². The van der Waals surface area contributed by atoms with Gasteiger partial charge in [0.1, 0.15) is 6.04 Å². The van der Waals surface area contributed by atoms with E-state index in [0.29, 0.717) is 17.1 Å². The van der Waals surface area contributed by atoms with E-state index in [9.17, 15) is 8.78 Å². The molecule has 1 N–H and O–H groups in total. The van der Waals surface area contributed by atoms with Gasteiger partial charge in [0.2, 0.25) is 0 Å². The van der Waals surface area contributed by atoms with Gasteiger partial charge in [-0.05, 0) is 35.4 Å². The normalized spacial score (nSPS) is 11.9. The fourth-order valence-electron chi connectivity index (χ4n) is 1.75. The van der Waals surface area contributed by atoms with Crippen molar-refractivity contribution < 1.29 is 8.78 Å². The van der Waals surface area contributed by atoms with Crippen molar-refractivity contribution in [3.63, 3.8) is 0 Å². The lowest BCUT2D eigenvalue weighted by Gasteiger charge is -2.12. The van der Waals surface area contributed by atoms with Crippen LogP contribution in [0, 0.1) is 23.0 Å². The minimum atomic E-state index is -0.962. The van der Waals surface area contributed by atoms with Crippen LogP contribution in [-0.2, 0) is 6.54 Å². The zero-order valence-corrected chi connectivity index (χ0v) is 11.2. The summed E-state index contributed by atoms with van der Waals surface area (Å²) < 4.78 is 26.0. The standard InChI is InChI=1S/C15H11ClF2N2/c16-12-4-1-10(2-5-12)9-20-15(8-19)11-3-6-13(17)14(18)7-11/h1-7,15,20H,9H2. The second-order valence-electron chi connectivity index (χ2n) is 4.24. The summed E-state index contributed by atoms with van der Waals surface area (Å²) in [5.74, 6) is -1.89. The third-order valence-corrected chi connectivity index (χ3v) is 3.08. The Hall–Kier alpha value is -1.96. The summed E-state index contributed by atoms with van der Waals surface area (Å²) >= 11 is 5.78. The topological polar surface area (TPSA) is 35.8 Å². The summed E-state index contributed by atoms with van der Waals surface area (Å²) in [7, 11) is 0. The van der Waals surface area contributed by atoms with Gasteiger partial charge in [0.15, 0.2) is 11.6 Å². The minimum absolute atomic E-state index is 0.389. The van der Waals surface area contributed by atoms with E-state index in [2.05, 4.69) is 5.32 Å². The number of rotatable bonds is 4. The van der Waals surface area contributed by atoms with Gasteiger partial charge in [-0.25, -0.2) is 8.78 Å². The van der Waals surface area contributed by atoms with Crippen molar-refractivity contribution in [1.29, 1.82) is 5.26 Å². The highest BCUT2D eigenvalue weighted by Gasteiger charge is 2.12. The first kappa shape index (κ1) is 14.4. The van der Waals surface area contributed by atoms with Crippen LogP contribution in [0.25, 0.3) is 0 Å². The fourth-order valence-corrected chi connectivity index (χ4v) is 1.88. The highest BCUT2D eigenvalue weighted by atomic mass is 35.5. The van der Waals surface area contributed by atoms with Gasteiger partial charge in [0.25, 0.3) is 0 Å². The molecule has 20 heavy (non-hydrogen) atoms. The molecule has 0 aromatic heterocycles. The van der Waals surface area contributed by atoms with Crippen LogP contribution in [0.5, 0.6) is 0 Å². The summed E-state index contributed by atoms with van der Waals surface area (Å²) in [4.78, 5) is 0. The lowest BCUT2D eigenvalue weighted by atomic mass is 10.1. The van der Waals surface area contributed by atoms with E-state index in [1.165, 1.54) is 6.07 Å². The highest BCUT2D eigenvalue weighted by molar-refractivity contribution is 6.30. The maximum Gasteiger partial charge on any atom is 0.159 e. The zero-order chi connectivity index (χ0) is 14.5. The van der Waals surface area contributed by atoms with E-state index >= 15 is 0 Å². The molecule has 0 radical (unpaired) electrons. The van der Waals surface area contributed by atoms with Crippen molar-refractivity contribution in [2.24, 2.45) is 0 Å². The number of hydrogen-bond donors (Lipinski definition) is 1. The highest BCUT2D eigenvalue weighted by Crippen LogP contribution is 2.17. The maximum atomic E-state index is 13.2. The molecule has 2 aromatic rings. The molecule has 0 aliphatic heterocycles. The quantitative estimate of drug-likeness (QED) is 0.925. The summed E-state index contributed by atoms with van der Waals surface area (Å²) in [5.41, 5.74) is 1.33. The average molecular weight is 293 g/mol. The predicted octanol–water partition coefficient (Wildman–Crippen LogP) is 3.97. The first-order valence-corrected chi connectivity index (χ1v) is 6.30. The first-order valence-electron chi connectivity index (χ1n) is 5.92. The zero-order valence-electron chi connectivity index (χ0n) is 10.4. The number of halogens is 3. The van der Waals surface area contributed by atoms with Crippen LogP contribution in [0.2, 0.25) is 5.02 Å². The minimum Gasteiger partial charge on any atom is -0.294 e. The van der Waals surface area contributed by atoms with E-state index in [-0.39, 0.29) is 0 Å². The Kier molecular flexibility index (Phi) is 4.67. The summed E-state index contributed by atoms with van der Waals surface area (Å²) in [6.45, 7) is 0.425. The van der Waals surface area contributed by atoms with Gasteiger partial charge in [-0.2, -0.15) is 5.26 Å². The maximum absolute atomic E-state index is 13.2. The molecular weight excluding hydrogens is 282 g/mol. The Morgan fingerprint density at radius 3 is 2.40 bits per heavy atom. The average Bonchev–Trinajstić information content (AvgIpc) is 2.45. The van der Waals surface area contributed by atoms with E-state index in [4.69, 9.17) is 16.9 Å². The summed E-state index contributed by atoms with van der Waals surface area (Å²) in [5, 5.41) is 12.7. The summed E-state index contributed by atoms with van der Waals surface area (Å²) in [6.07, 6.45) is 0. The predicted molar refractivity (Wildman–Crippen MR) is 73.0 cm³/mol. The van der Waals surface area contributed by atoms with E-state index in [1.54, 1.807) is 12.1 Å². The van der Waals surface area contributed by atoms with Crippen molar-refractivity contribution in [2.45, 2.75) is 12.6 Å². The fraction of sp³-hybridized carbons (Fsp3) is 0.133. The summed E-state index contributed by atoms with van der Waals surface area (Å²) in [6, 6.07) is 11.9. The Bertz CT molecular complexity index is 635. The second-order valence-corrected chi connectivity index (χ2v) is 4.68.